The fourth-order valence-electron chi connectivity index (χ4n) is 1.34. The van der Waals surface area contributed by atoms with E-state index < -0.39 is 11.8 Å². The van der Waals surface area contributed by atoms with E-state index in [1.54, 1.807) is 19.1 Å². The number of carbonyl (C=O) groups is 1. The van der Waals surface area contributed by atoms with Gasteiger partial charge in [0.2, 0.25) is 5.76 Å². The number of rotatable bonds is 2. The van der Waals surface area contributed by atoms with Crippen LogP contribution < -0.4 is 0 Å². The van der Waals surface area contributed by atoms with E-state index in [0.717, 1.165) is 5.56 Å². The first-order chi connectivity index (χ1) is 7.58. The summed E-state index contributed by atoms with van der Waals surface area (Å²) >= 11 is 0. The molecule has 1 aromatic carbocycles. The highest BCUT2D eigenvalue weighted by Crippen LogP contribution is 2.23. The number of benzene rings is 1. The molecule has 0 bridgehead atoms. The van der Waals surface area contributed by atoms with Crippen molar-refractivity contribution in [2.75, 3.05) is 0 Å². The zero-order valence-electron chi connectivity index (χ0n) is 8.40. The molecule has 0 atom stereocenters. The Morgan fingerprint density at radius 3 is 2.81 bits per heavy atom. The number of hydrogen-bond donors (Lipinski definition) is 1. The second-order valence-corrected chi connectivity index (χ2v) is 3.36. The first-order valence-electron chi connectivity index (χ1n) is 4.54. The molecule has 0 aliphatic rings. The molecule has 16 heavy (non-hydrogen) atoms. The van der Waals surface area contributed by atoms with Gasteiger partial charge in [-0.25, -0.2) is 9.18 Å². The molecule has 2 aromatic rings. The molecule has 82 valence electrons. The van der Waals surface area contributed by atoms with Crippen LogP contribution in [0.3, 0.4) is 0 Å². The molecule has 0 unspecified atom stereocenters. The molecule has 0 saturated heterocycles. The van der Waals surface area contributed by atoms with Crippen molar-refractivity contribution in [3.8, 4) is 11.3 Å². The van der Waals surface area contributed by atoms with Gasteiger partial charge in [0, 0.05) is 11.6 Å². The van der Waals surface area contributed by atoms with Crippen molar-refractivity contribution in [3.05, 3.63) is 41.4 Å². The molecule has 2 rings (SSSR count). The van der Waals surface area contributed by atoms with Gasteiger partial charge >= 0.3 is 5.97 Å². The summed E-state index contributed by atoms with van der Waals surface area (Å²) in [4.78, 5) is 10.6. The van der Waals surface area contributed by atoms with Crippen LogP contribution in [0.1, 0.15) is 16.1 Å². The molecular weight excluding hydrogens is 213 g/mol. The normalized spacial score (nSPS) is 10.4. The van der Waals surface area contributed by atoms with Crippen molar-refractivity contribution in [1.29, 1.82) is 0 Å². The number of aromatic carboxylic acids is 1. The van der Waals surface area contributed by atoms with Crippen LogP contribution in [0.25, 0.3) is 11.3 Å². The molecule has 0 fully saturated rings. The van der Waals surface area contributed by atoms with E-state index in [4.69, 9.17) is 5.11 Å². The van der Waals surface area contributed by atoms with Crippen LogP contribution in [-0.4, -0.2) is 16.2 Å². The highest BCUT2D eigenvalue weighted by atomic mass is 19.1. The number of hydrogen-bond acceptors (Lipinski definition) is 3. The van der Waals surface area contributed by atoms with E-state index in [1.165, 1.54) is 12.1 Å². The number of nitrogens with zero attached hydrogens (tertiary/aromatic N) is 1. The molecule has 5 heteroatoms. The van der Waals surface area contributed by atoms with Crippen LogP contribution in [0, 0.1) is 12.7 Å². The average molecular weight is 221 g/mol. The predicted octanol–water partition coefficient (Wildman–Crippen LogP) is 2.49. The Kier molecular flexibility index (Phi) is 2.44. The molecule has 0 saturated carbocycles. The Labute approximate surface area is 90.3 Å². The lowest BCUT2D eigenvalue weighted by molar-refractivity contribution is 0.0652. The average Bonchev–Trinajstić information content (AvgIpc) is 2.70. The van der Waals surface area contributed by atoms with Gasteiger partial charge in [-0.2, -0.15) is 0 Å². The van der Waals surface area contributed by atoms with Crippen molar-refractivity contribution < 1.29 is 18.8 Å². The largest absolute Gasteiger partial charge is 0.475 e. The minimum absolute atomic E-state index is 0.179. The minimum Gasteiger partial charge on any atom is -0.475 e. The Hall–Kier alpha value is -2.17. The van der Waals surface area contributed by atoms with Crippen LogP contribution in [0.2, 0.25) is 0 Å². The predicted molar refractivity (Wildman–Crippen MR) is 53.6 cm³/mol. The SMILES string of the molecule is Cc1ccc(F)c(-c2cc(C(=O)O)on2)c1. The monoisotopic (exact) mass is 221 g/mol. The maximum atomic E-state index is 13.4. The summed E-state index contributed by atoms with van der Waals surface area (Å²) < 4.78 is 18.0. The third-order valence-corrected chi connectivity index (χ3v) is 2.12. The zero-order valence-corrected chi connectivity index (χ0v) is 8.40. The van der Waals surface area contributed by atoms with Gasteiger partial charge in [0.15, 0.2) is 0 Å². The molecule has 1 heterocycles. The van der Waals surface area contributed by atoms with Crippen molar-refractivity contribution in [2.24, 2.45) is 0 Å². The maximum Gasteiger partial charge on any atom is 0.374 e. The molecule has 0 aliphatic heterocycles. The highest BCUT2D eigenvalue weighted by molar-refractivity contribution is 5.85. The van der Waals surface area contributed by atoms with E-state index in [0.29, 0.717) is 0 Å². The second-order valence-electron chi connectivity index (χ2n) is 3.36. The summed E-state index contributed by atoms with van der Waals surface area (Å²) in [6.45, 7) is 1.81. The smallest absolute Gasteiger partial charge is 0.374 e. The molecule has 0 radical (unpaired) electrons. The molecule has 1 aromatic heterocycles. The van der Waals surface area contributed by atoms with Gasteiger partial charge in [-0.15, -0.1) is 0 Å². The van der Waals surface area contributed by atoms with E-state index in [1.807, 2.05) is 0 Å². The molecule has 1 N–H and O–H groups in total. The molecular formula is C11H8FNO3. The zero-order chi connectivity index (χ0) is 11.7. The fraction of sp³-hybridized carbons (Fsp3) is 0.0909. The van der Waals surface area contributed by atoms with Crippen LogP contribution in [0.15, 0.2) is 28.8 Å². The Morgan fingerprint density at radius 2 is 2.19 bits per heavy atom. The van der Waals surface area contributed by atoms with Gasteiger partial charge < -0.3 is 9.63 Å². The third kappa shape index (κ3) is 1.79. The van der Waals surface area contributed by atoms with Gasteiger partial charge in [0.25, 0.3) is 0 Å². The summed E-state index contributed by atoms with van der Waals surface area (Å²) in [5.74, 6) is -2.00. The Bertz CT molecular complexity index is 548. The lowest BCUT2D eigenvalue weighted by atomic mass is 10.1. The van der Waals surface area contributed by atoms with Crippen molar-refractivity contribution >= 4 is 5.97 Å². The fourth-order valence-corrected chi connectivity index (χ4v) is 1.34. The van der Waals surface area contributed by atoms with Gasteiger partial charge in [0.05, 0.1) is 0 Å². The van der Waals surface area contributed by atoms with E-state index in [9.17, 15) is 9.18 Å². The van der Waals surface area contributed by atoms with Crippen molar-refractivity contribution in [1.82, 2.24) is 5.16 Å². The summed E-state index contributed by atoms with van der Waals surface area (Å²) in [6.07, 6.45) is 0. The van der Waals surface area contributed by atoms with Crippen LogP contribution in [-0.2, 0) is 0 Å². The summed E-state index contributed by atoms with van der Waals surface area (Å²) in [7, 11) is 0. The van der Waals surface area contributed by atoms with E-state index in [-0.39, 0.29) is 17.0 Å². The van der Waals surface area contributed by atoms with Crippen LogP contribution >= 0.6 is 0 Å². The Morgan fingerprint density at radius 1 is 1.44 bits per heavy atom. The lowest BCUT2D eigenvalue weighted by Crippen LogP contribution is -1.91. The minimum atomic E-state index is -1.23. The third-order valence-electron chi connectivity index (χ3n) is 2.12. The molecule has 0 aliphatic carbocycles. The Balaban J connectivity index is 2.50. The van der Waals surface area contributed by atoms with Gasteiger partial charge in [-0.05, 0) is 19.1 Å². The maximum absolute atomic E-state index is 13.4. The summed E-state index contributed by atoms with van der Waals surface area (Å²) in [5.41, 5.74) is 1.27. The van der Waals surface area contributed by atoms with Gasteiger partial charge in [-0.3, -0.25) is 0 Å². The molecule has 4 nitrogen and oxygen atoms in total. The topological polar surface area (TPSA) is 63.3 Å². The highest BCUT2D eigenvalue weighted by Gasteiger charge is 2.14. The first kappa shape index (κ1) is 10.4. The van der Waals surface area contributed by atoms with Gasteiger partial charge in [0.1, 0.15) is 11.5 Å². The molecule has 0 spiro atoms. The first-order valence-corrected chi connectivity index (χ1v) is 4.54. The van der Waals surface area contributed by atoms with Crippen molar-refractivity contribution in [2.45, 2.75) is 6.92 Å². The second kappa shape index (κ2) is 3.77. The molecule has 0 amide bonds. The number of aryl methyl sites for hydroxylation is 1. The number of aromatic nitrogens is 1. The number of halogens is 1. The van der Waals surface area contributed by atoms with Gasteiger partial charge in [-0.1, -0.05) is 16.8 Å². The standard InChI is InChI=1S/C11H8FNO3/c1-6-2-3-8(12)7(4-6)9-5-10(11(14)15)16-13-9/h2-5H,1H3,(H,14,15). The van der Waals surface area contributed by atoms with Crippen molar-refractivity contribution in [3.63, 3.8) is 0 Å². The van der Waals surface area contributed by atoms with E-state index in [2.05, 4.69) is 9.68 Å². The lowest BCUT2D eigenvalue weighted by Gasteiger charge is -1.99. The number of carboxylic acids is 1. The quantitative estimate of drug-likeness (QED) is 0.846. The van der Waals surface area contributed by atoms with Crippen LogP contribution in [0.4, 0.5) is 4.39 Å². The summed E-state index contributed by atoms with van der Waals surface area (Å²) in [6, 6.07) is 5.70. The van der Waals surface area contributed by atoms with E-state index >= 15 is 0 Å². The van der Waals surface area contributed by atoms with Crippen LogP contribution in [0.5, 0.6) is 0 Å². The summed E-state index contributed by atoms with van der Waals surface area (Å²) in [5, 5.41) is 12.2. The number of carboxylic acid groups (broad SMARTS) is 1.